The average Bonchev–Trinajstić information content (AvgIpc) is 2.88. The van der Waals surface area contributed by atoms with Gasteiger partial charge in [0.2, 0.25) is 6.23 Å². The number of ether oxygens (including phenoxy) is 1. The van der Waals surface area contributed by atoms with Crippen molar-refractivity contribution in [3.63, 3.8) is 0 Å². The van der Waals surface area contributed by atoms with Crippen LogP contribution in [0.3, 0.4) is 0 Å². The van der Waals surface area contributed by atoms with Crippen molar-refractivity contribution in [2.75, 3.05) is 11.4 Å². The number of esters is 1. The zero-order valence-electron chi connectivity index (χ0n) is 13.9. The van der Waals surface area contributed by atoms with Crippen LogP contribution < -0.4 is 4.90 Å². The smallest absolute Gasteiger partial charge is 0.304 e. The zero-order chi connectivity index (χ0) is 16.7. The van der Waals surface area contributed by atoms with Crippen LogP contribution >= 0.6 is 0 Å². The van der Waals surface area contributed by atoms with Crippen LogP contribution in [0, 0.1) is 0 Å². The van der Waals surface area contributed by atoms with Gasteiger partial charge in [0.05, 0.1) is 12.7 Å². The first-order valence-corrected chi connectivity index (χ1v) is 7.22. The molecule has 0 saturated carbocycles. The molecule has 0 bridgehead atoms. The molecule has 6 heteroatoms. The van der Waals surface area contributed by atoms with Crippen LogP contribution in [0.5, 0.6) is 0 Å². The molecule has 0 aromatic carbocycles. The lowest BCUT2D eigenvalue weighted by molar-refractivity contribution is -0.145. The van der Waals surface area contributed by atoms with Crippen LogP contribution in [-0.2, 0) is 19.7 Å². The predicted molar refractivity (Wildman–Crippen MR) is 81.5 cm³/mol. The number of hydrogen-bond acceptors (Lipinski definition) is 6. The van der Waals surface area contributed by atoms with Crippen LogP contribution in [0.2, 0.25) is 0 Å². The highest BCUT2D eigenvalue weighted by molar-refractivity contribution is 6.00. The molecule has 1 unspecified atom stereocenters. The van der Waals surface area contributed by atoms with Crippen molar-refractivity contribution in [1.82, 2.24) is 4.98 Å². The molecule has 1 atom stereocenters. The molecule has 22 heavy (non-hydrogen) atoms. The van der Waals surface area contributed by atoms with E-state index in [0.29, 0.717) is 16.9 Å². The number of ketones is 1. The Morgan fingerprint density at radius 2 is 2.05 bits per heavy atom. The number of Topliss-reactive ketones (excluding diaryl/α,β-unsaturated/α-hetero) is 1. The summed E-state index contributed by atoms with van der Waals surface area (Å²) in [6, 6.07) is 0.288. The molecule has 2 rings (SSSR count). The third-order valence-corrected chi connectivity index (χ3v) is 3.73. The maximum absolute atomic E-state index is 12.1. The molecular weight excluding hydrogens is 284 g/mol. The number of hydrogen-bond donors (Lipinski definition) is 0. The molecule has 1 aromatic rings. The molecule has 2 heterocycles. The molecule has 6 nitrogen and oxygen atoms in total. The summed E-state index contributed by atoms with van der Waals surface area (Å²) >= 11 is 0. The second kappa shape index (κ2) is 5.59. The third kappa shape index (κ3) is 3.05. The lowest BCUT2D eigenvalue weighted by Crippen LogP contribution is -2.47. The van der Waals surface area contributed by atoms with E-state index in [9.17, 15) is 9.59 Å². The monoisotopic (exact) mass is 306 g/mol. The SMILES string of the molecule is CC(=O)OC1C(C)=C(C)C(=O)CN1c1ncc(C(C)(C)C)o1. The van der Waals surface area contributed by atoms with Crippen LogP contribution in [0.4, 0.5) is 6.01 Å². The summed E-state index contributed by atoms with van der Waals surface area (Å²) in [7, 11) is 0. The van der Waals surface area contributed by atoms with Crippen molar-refractivity contribution in [3.8, 4) is 0 Å². The van der Waals surface area contributed by atoms with Crippen LogP contribution in [0.25, 0.3) is 0 Å². The lowest BCUT2D eigenvalue weighted by Gasteiger charge is -2.34. The van der Waals surface area contributed by atoms with Crippen molar-refractivity contribution < 1.29 is 18.7 Å². The standard InChI is InChI=1S/C16H22N2O4/c1-9-10(2)14(21-11(3)19)18(8-12(9)20)15-17-7-13(22-15)16(4,5)6/h7,14H,8H2,1-6H3. The van der Waals surface area contributed by atoms with Crippen LogP contribution in [0.1, 0.15) is 47.3 Å². The molecule has 0 N–H and O–H groups in total. The van der Waals surface area contributed by atoms with Gasteiger partial charge in [-0.1, -0.05) is 20.8 Å². The summed E-state index contributed by atoms with van der Waals surface area (Å²) in [5.74, 6) is 0.260. The number of aromatic nitrogens is 1. The van der Waals surface area contributed by atoms with Gasteiger partial charge in [0.25, 0.3) is 0 Å². The van der Waals surface area contributed by atoms with Crippen molar-refractivity contribution >= 4 is 17.8 Å². The van der Waals surface area contributed by atoms with E-state index in [1.807, 2.05) is 20.8 Å². The molecule has 0 saturated heterocycles. The van der Waals surface area contributed by atoms with E-state index in [1.165, 1.54) is 6.92 Å². The molecule has 1 aromatic heterocycles. The summed E-state index contributed by atoms with van der Waals surface area (Å²) in [6.45, 7) is 11.0. The van der Waals surface area contributed by atoms with Crippen molar-refractivity contribution in [2.24, 2.45) is 0 Å². The summed E-state index contributed by atoms with van der Waals surface area (Å²) in [4.78, 5) is 29.3. The highest BCUT2D eigenvalue weighted by Crippen LogP contribution is 2.31. The fraction of sp³-hybridized carbons (Fsp3) is 0.562. The number of rotatable bonds is 2. The second-order valence-corrected chi connectivity index (χ2v) is 6.58. The molecule has 1 aliphatic heterocycles. The third-order valence-electron chi connectivity index (χ3n) is 3.73. The summed E-state index contributed by atoms with van der Waals surface area (Å²) in [5, 5.41) is 0. The van der Waals surface area contributed by atoms with Gasteiger partial charge < -0.3 is 9.15 Å². The van der Waals surface area contributed by atoms with E-state index >= 15 is 0 Å². The summed E-state index contributed by atoms with van der Waals surface area (Å²) in [5.41, 5.74) is 1.12. The Labute approximate surface area is 130 Å². The van der Waals surface area contributed by atoms with Gasteiger partial charge in [0, 0.05) is 12.3 Å². The number of anilines is 1. The van der Waals surface area contributed by atoms with Crippen molar-refractivity contribution in [1.29, 1.82) is 0 Å². The number of oxazole rings is 1. The normalized spacial score (nSPS) is 19.6. The maximum Gasteiger partial charge on any atom is 0.304 e. The lowest BCUT2D eigenvalue weighted by atomic mass is 9.94. The number of nitrogens with zero attached hydrogens (tertiary/aromatic N) is 2. The molecule has 0 aliphatic carbocycles. The maximum atomic E-state index is 12.1. The molecule has 120 valence electrons. The molecule has 0 amide bonds. The molecular formula is C16H22N2O4. The van der Waals surface area contributed by atoms with Crippen molar-refractivity contribution in [3.05, 3.63) is 23.1 Å². The van der Waals surface area contributed by atoms with Gasteiger partial charge >= 0.3 is 12.0 Å². The van der Waals surface area contributed by atoms with Gasteiger partial charge in [-0.25, -0.2) is 4.98 Å². The minimum absolute atomic E-state index is 0.0311. The van der Waals surface area contributed by atoms with E-state index in [4.69, 9.17) is 9.15 Å². The van der Waals surface area contributed by atoms with Gasteiger partial charge in [0.15, 0.2) is 5.78 Å². The van der Waals surface area contributed by atoms with Crippen LogP contribution in [-0.4, -0.2) is 29.5 Å². The molecule has 0 radical (unpaired) electrons. The molecule has 0 spiro atoms. The summed E-state index contributed by atoms with van der Waals surface area (Å²) in [6.07, 6.45) is 0.979. The average molecular weight is 306 g/mol. The largest absolute Gasteiger partial charge is 0.438 e. The Kier molecular flexibility index (Phi) is 4.13. The highest BCUT2D eigenvalue weighted by atomic mass is 16.6. The Hall–Kier alpha value is -2.11. The molecule has 0 fully saturated rings. The Bertz CT molecular complexity index is 637. The van der Waals surface area contributed by atoms with E-state index in [1.54, 1.807) is 24.9 Å². The summed E-state index contributed by atoms with van der Waals surface area (Å²) < 4.78 is 11.1. The van der Waals surface area contributed by atoms with E-state index in [0.717, 1.165) is 0 Å². The topological polar surface area (TPSA) is 72.6 Å². The zero-order valence-corrected chi connectivity index (χ0v) is 13.9. The highest BCUT2D eigenvalue weighted by Gasteiger charge is 2.35. The van der Waals surface area contributed by atoms with E-state index in [2.05, 4.69) is 4.98 Å². The van der Waals surface area contributed by atoms with E-state index in [-0.39, 0.29) is 23.8 Å². The second-order valence-electron chi connectivity index (χ2n) is 6.58. The Morgan fingerprint density at radius 3 is 2.55 bits per heavy atom. The number of carbonyl (C=O) groups is 2. The minimum Gasteiger partial charge on any atom is -0.438 e. The number of carbonyl (C=O) groups excluding carboxylic acids is 2. The minimum atomic E-state index is -0.665. The van der Waals surface area contributed by atoms with Gasteiger partial charge in [0.1, 0.15) is 5.76 Å². The fourth-order valence-corrected chi connectivity index (χ4v) is 2.22. The quantitative estimate of drug-likeness (QED) is 0.782. The Morgan fingerprint density at radius 1 is 1.41 bits per heavy atom. The predicted octanol–water partition coefficient (Wildman–Crippen LogP) is 2.59. The first-order valence-electron chi connectivity index (χ1n) is 7.22. The van der Waals surface area contributed by atoms with Crippen LogP contribution in [0.15, 0.2) is 21.8 Å². The van der Waals surface area contributed by atoms with Gasteiger partial charge in [-0.15, -0.1) is 0 Å². The van der Waals surface area contributed by atoms with Crippen molar-refractivity contribution in [2.45, 2.75) is 53.2 Å². The van der Waals surface area contributed by atoms with Gasteiger partial charge in [-0.05, 0) is 25.0 Å². The first kappa shape index (κ1) is 16.3. The van der Waals surface area contributed by atoms with Gasteiger partial charge in [-0.2, -0.15) is 0 Å². The fourth-order valence-electron chi connectivity index (χ4n) is 2.22. The van der Waals surface area contributed by atoms with Gasteiger partial charge in [-0.3, -0.25) is 14.5 Å². The first-order chi connectivity index (χ1) is 10.1. The molecule has 1 aliphatic rings. The Balaban J connectivity index is 2.41. The van der Waals surface area contributed by atoms with E-state index < -0.39 is 12.2 Å².